The quantitative estimate of drug-likeness (QED) is 0.390. The van der Waals surface area contributed by atoms with Crippen LogP contribution in [0.4, 0.5) is 26.2 Å². The molecule has 42 heavy (non-hydrogen) atoms. The van der Waals surface area contributed by atoms with E-state index >= 15 is 4.39 Å². The number of anilines is 3. The number of aromatic nitrogens is 3. The molecule has 9 nitrogen and oxygen atoms in total. The molecular weight excluding hydrogens is 538 g/mol. The Morgan fingerprint density at radius 1 is 1.14 bits per heavy atom. The van der Waals surface area contributed by atoms with Crippen molar-refractivity contribution in [1.82, 2.24) is 24.8 Å². The molecule has 3 aromatic rings. The Labute approximate surface area is 246 Å². The van der Waals surface area contributed by atoms with Crippen molar-refractivity contribution < 1.29 is 13.5 Å². The van der Waals surface area contributed by atoms with Crippen LogP contribution < -0.4 is 15.0 Å². The summed E-state index contributed by atoms with van der Waals surface area (Å²) in [5.74, 6) is -0.367. The van der Waals surface area contributed by atoms with Gasteiger partial charge in [0.25, 0.3) is 0 Å². The number of pyridine rings is 1. The van der Waals surface area contributed by atoms with E-state index in [1.807, 2.05) is 31.7 Å². The number of nitrogens with zero attached hydrogens (tertiary/aromatic N) is 7. The lowest BCUT2D eigenvalue weighted by atomic mass is 9.88. The molecule has 1 N–H and O–H groups in total. The van der Waals surface area contributed by atoms with Crippen LogP contribution in [0.15, 0.2) is 30.5 Å². The van der Waals surface area contributed by atoms with E-state index in [0.717, 1.165) is 50.8 Å². The molecule has 0 aliphatic carbocycles. The molecule has 0 bridgehead atoms. The lowest BCUT2D eigenvalue weighted by molar-refractivity contribution is 0.193. The number of fused-ring (bicyclic) bond motifs is 1. The Morgan fingerprint density at radius 3 is 2.60 bits per heavy atom. The largest absolute Gasteiger partial charge is 0.484 e. The molecule has 0 radical (unpaired) electrons. The van der Waals surface area contributed by atoms with Gasteiger partial charge < -0.3 is 24.8 Å². The fourth-order valence-electron chi connectivity index (χ4n) is 5.66. The molecule has 11 heteroatoms. The number of benzene rings is 1. The van der Waals surface area contributed by atoms with Crippen molar-refractivity contribution in [3.05, 3.63) is 53.4 Å². The zero-order chi connectivity index (χ0) is 30.0. The Morgan fingerprint density at radius 2 is 1.90 bits per heavy atom. The number of rotatable bonds is 8. The SMILES string of the molecule is CC1CN(C(C)C)c2cc(-c3nc(Nc4ccc(C5CCN(CCN(C)C)CC5)c(C#N)n4)ncc3F)cc(F)c2O1. The van der Waals surface area contributed by atoms with Crippen LogP contribution in [0.3, 0.4) is 0 Å². The van der Waals surface area contributed by atoms with E-state index in [0.29, 0.717) is 23.7 Å². The second kappa shape index (κ2) is 12.5. The van der Waals surface area contributed by atoms with Crippen molar-refractivity contribution in [2.45, 2.75) is 51.7 Å². The summed E-state index contributed by atoms with van der Waals surface area (Å²) in [6.07, 6.45) is 2.81. The van der Waals surface area contributed by atoms with Gasteiger partial charge in [-0.15, -0.1) is 0 Å². The van der Waals surface area contributed by atoms with Crippen molar-refractivity contribution >= 4 is 17.5 Å². The predicted molar refractivity (Wildman–Crippen MR) is 159 cm³/mol. The van der Waals surface area contributed by atoms with Gasteiger partial charge >= 0.3 is 0 Å². The number of nitrogens with one attached hydrogen (secondary N) is 1. The van der Waals surface area contributed by atoms with E-state index in [1.54, 1.807) is 12.1 Å². The molecule has 222 valence electrons. The zero-order valence-electron chi connectivity index (χ0n) is 24.9. The Kier molecular flexibility index (Phi) is 8.85. The number of likely N-dealkylation sites (N-methyl/N-ethyl adjacent to an activating group) is 1. The van der Waals surface area contributed by atoms with Crippen molar-refractivity contribution in [3.63, 3.8) is 0 Å². The maximum atomic E-state index is 15.2. The Balaban J connectivity index is 1.35. The highest BCUT2D eigenvalue weighted by molar-refractivity contribution is 5.73. The fraction of sp³-hybridized carbons (Fsp3) is 0.484. The molecule has 2 aliphatic rings. The summed E-state index contributed by atoms with van der Waals surface area (Å²) >= 11 is 0. The van der Waals surface area contributed by atoms with E-state index in [-0.39, 0.29) is 41.0 Å². The smallest absolute Gasteiger partial charge is 0.229 e. The Hall–Kier alpha value is -3.88. The maximum absolute atomic E-state index is 15.2. The lowest BCUT2D eigenvalue weighted by Gasteiger charge is -2.38. The van der Waals surface area contributed by atoms with Crippen LogP contribution in [-0.4, -0.2) is 83.7 Å². The standard InChI is InChI=1S/C31H38F2N8O/c1-19(2)41-18-20(3)42-30-24(32)14-22(15-27(30)41)29-25(33)17-35-31(38-29)37-28-7-6-23(26(16-34)36-28)21-8-10-40(11-9-21)13-12-39(4)5/h6-7,14-15,17,19-21H,8-13,18H2,1-5H3,(H,35,36,37,38). The van der Waals surface area contributed by atoms with Crippen LogP contribution in [0.5, 0.6) is 5.75 Å². The minimum Gasteiger partial charge on any atom is -0.484 e. The van der Waals surface area contributed by atoms with Crippen LogP contribution in [0.25, 0.3) is 11.3 Å². The van der Waals surface area contributed by atoms with Crippen molar-refractivity contribution in [2.75, 3.05) is 57.0 Å². The average molecular weight is 577 g/mol. The topological polar surface area (TPSA) is 93.4 Å². The number of ether oxygens (including phenoxy) is 1. The van der Waals surface area contributed by atoms with Gasteiger partial charge in [-0.1, -0.05) is 6.07 Å². The molecule has 5 rings (SSSR count). The first-order valence-corrected chi connectivity index (χ1v) is 14.5. The van der Waals surface area contributed by atoms with Crippen molar-refractivity contribution in [3.8, 4) is 23.1 Å². The van der Waals surface area contributed by atoms with Crippen LogP contribution in [0.1, 0.15) is 50.8 Å². The first-order valence-electron chi connectivity index (χ1n) is 14.5. The minimum absolute atomic E-state index is 0.0466. The summed E-state index contributed by atoms with van der Waals surface area (Å²) in [7, 11) is 4.16. The molecule has 1 fully saturated rings. The van der Waals surface area contributed by atoms with E-state index < -0.39 is 11.6 Å². The highest BCUT2D eigenvalue weighted by Gasteiger charge is 2.29. The van der Waals surface area contributed by atoms with E-state index in [2.05, 4.69) is 50.2 Å². The van der Waals surface area contributed by atoms with Crippen LogP contribution in [0.2, 0.25) is 0 Å². The predicted octanol–water partition coefficient (Wildman–Crippen LogP) is 5.17. The van der Waals surface area contributed by atoms with Gasteiger partial charge in [-0.05, 0) is 90.5 Å². The molecular formula is C31H38F2N8O. The van der Waals surface area contributed by atoms with Crippen LogP contribution in [0, 0.1) is 23.0 Å². The number of likely N-dealkylation sites (tertiary alicyclic amines) is 1. The second-order valence-corrected chi connectivity index (χ2v) is 11.7. The third-order valence-corrected chi connectivity index (χ3v) is 7.91. The summed E-state index contributed by atoms with van der Waals surface area (Å²) in [4.78, 5) is 19.6. The van der Waals surface area contributed by atoms with Gasteiger partial charge in [0, 0.05) is 24.7 Å². The first kappa shape index (κ1) is 29.6. The van der Waals surface area contributed by atoms with Gasteiger partial charge in [-0.25, -0.2) is 23.7 Å². The number of hydrogen-bond donors (Lipinski definition) is 1. The average Bonchev–Trinajstić information content (AvgIpc) is 2.97. The maximum Gasteiger partial charge on any atom is 0.229 e. The third-order valence-electron chi connectivity index (χ3n) is 7.91. The highest BCUT2D eigenvalue weighted by atomic mass is 19.1. The van der Waals surface area contributed by atoms with Crippen molar-refractivity contribution in [1.29, 1.82) is 5.26 Å². The van der Waals surface area contributed by atoms with Crippen molar-refractivity contribution in [2.24, 2.45) is 0 Å². The first-order chi connectivity index (χ1) is 20.1. The molecule has 1 aromatic carbocycles. The van der Waals surface area contributed by atoms with E-state index in [9.17, 15) is 9.65 Å². The summed E-state index contributed by atoms with van der Waals surface area (Å²) in [6, 6.07) is 8.99. The minimum atomic E-state index is -0.681. The summed E-state index contributed by atoms with van der Waals surface area (Å²) in [5.41, 5.74) is 2.08. The van der Waals surface area contributed by atoms with Gasteiger partial charge in [-0.3, -0.25) is 0 Å². The molecule has 0 spiro atoms. The van der Waals surface area contributed by atoms with Crippen LogP contribution >= 0.6 is 0 Å². The fourth-order valence-corrected chi connectivity index (χ4v) is 5.66. The number of hydrogen-bond acceptors (Lipinski definition) is 9. The van der Waals surface area contributed by atoms with Gasteiger partial charge in [-0.2, -0.15) is 5.26 Å². The molecule has 0 saturated carbocycles. The normalized spacial score (nSPS) is 17.7. The Bertz CT molecular complexity index is 1470. The van der Waals surface area contributed by atoms with Gasteiger partial charge in [0.2, 0.25) is 5.95 Å². The second-order valence-electron chi connectivity index (χ2n) is 11.7. The third kappa shape index (κ3) is 6.45. The molecule has 1 unspecified atom stereocenters. The van der Waals surface area contributed by atoms with Gasteiger partial charge in [0.05, 0.1) is 18.4 Å². The molecule has 2 aromatic heterocycles. The van der Waals surface area contributed by atoms with E-state index in [1.165, 1.54) is 6.07 Å². The summed E-state index contributed by atoms with van der Waals surface area (Å²) in [5, 5.41) is 12.9. The number of piperidine rings is 1. The van der Waals surface area contributed by atoms with Crippen LogP contribution in [-0.2, 0) is 0 Å². The number of halogens is 2. The van der Waals surface area contributed by atoms with Gasteiger partial charge in [0.15, 0.2) is 17.4 Å². The molecule has 0 amide bonds. The molecule has 1 atom stereocenters. The zero-order valence-corrected chi connectivity index (χ0v) is 24.9. The van der Waals surface area contributed by atoms with Gasteiger partial charge in [0.1, 0.15) is 29.4 Å². The lowest BCUT2D eigenvalue weighted by Crippen LogP contribution is -2.42. The summed E-state index contributed by atoms with van der Waals surface area (Å²) < 4.78 is 36.0. The monoisotopic (exact) mass is 576 g/mol. The van der Waals surface area contributed by atoms with E-state index in [4.69, 9.17) is 4.74 Å². The highest BCUT2D eigenvalue weighted by Crippen LogP contribution is 2.40. The number of nitriles is 1. The molecule has 2 aliphatic heterocycles. The summed E-state index contributed by atoms with van der Waals surface area (Å²) in [6.45, 7) is 10.5. The molecule has 4 heterocycles. The molecule has 1 saturated heterocycles.